The Bertz CT molecular complexity index is 725. The van der Waals surface area contributed by atoms with Crippen molar-refractivity contribution in [2.75, 3.05) is 7.11 Å². The van der Waals surface area contributed by atoms with Gasteiger partial charge in [0.1, 0.15) is 0 Å². The van der Waals surface area contributed by atoms with Crippen LogP contribution in [0.2, 0.25) is 0 Å². The number of phenolic OH excluding ortho intramolecular Hbond substituents is 1. The van der Waals surface area contributed by atoms with Crippen molar-refractivity contribution in [3.05, 3.63) is 46.2 Å². The largest absolute Gasteiger partial charge is 0.504 e. The molecule has 0 aliphatic carbocycles. The van der Waals surface area contributed by atoms with Gasteiger partial charge in [0.05, 0.1) is 18.9 Å². The fourth-order valence-corrected chi connectivity index (χ4v) is 3.40. The second-order valence-electron chi connectivity index (χ2n) is 5.00. The van der Waals surface area contributed by atoms with Gasteiger partial charge in [0.15, 0.2) is 11.5 Å². The Kier molecular flexibility index (Phi) is 3.85. The smallest absolute Gasteiger partial charge is 0.240 e. The molecule has 0 unspecified atom stereocenters. The second kappa shape index (κ2) is 5.81. The van der Waals surface area contributed by atoms with Gasteiger partial charge < -0.3 is 9.84 Å². The van der Waals surface area contributed by atoms with E-state index in [0.717, 1.165) is 4.88 Å². The first-order valence-electron chi connectivity index (χ1n) is 6.89. The lowest BCUT2D eigenvalue weighted by atomic mass is 10.0. The van der Waals surface area contributed by atoms with Crippen molar-refractivity contribution in [1.29, 1.82) is 0 Å². The molecule has 1 aliphatic heterocycles. The third kappa shape index (κ3) is 2.46. The molecule has 3 rings (SSSR count). The minimum Gasteiger partial charge on any atom is -0.504 e. The van der Waals surface area contributed by atoms with Crippen LogP contribution in [0, 0.1) is 0 Å². The summed E-state index contributed by atoms with van der Waals surface area (Å²) in [5, 5.41) is 18.2. The van der Waals surface area contributed by atoms with Gasteiger partial charge in [0.2, 0.25) is 5.91 Å². The first kappa shape index (κ1) is 14.6. The summed E-state index contributed by atoms with van der Waals surface area (Å²) in [5.74, 6) is 0.337. The molecule has 2 heterocycles. The van der Waals surface area contributed by atoms with E-state index in [2.05, 4.69) is 5.10 Å². The third-order valence-electron chi connectivity index (χ3n) is 3.63. The molecule has 1 aliphatic rings. The molecular formula is C16H16N2O3S. The minimum atomic E-state index is -0.115. The van der Waals surface area contributed by atoms with Gasteiger partial charge in [-0.15, -0.1) is 11.3 Å². The number of carbonyl (C=O) groups excluding carboxylic acids is 1. The lowest BCUT2D eigenvalue weighted by molar-refractivity contribution is -0.130. The Morgan fingerprint density at radius 3 is 2.86 bits per heavy atom. The number of ether oxygens (including phenoxy) is 1. The monoisotopic (exact) mass is 316 g/mol. The average Bonchev–Trinajstić information content (AvgIpc) is 3.16. The highest BCUT2D eigenvalue weighted by molar-refractivity contribution is 7.10. The standard InChI is InChI=1S/C16H16N2O3S/c1-10(19)18-13(15-7-4-8-22-15)9-12(17-18)11-5-3-6-14(21-2)16(11)20/h3-8,13,20H,9H2,1-2H3/t13-/m1/s1. The van der Waals surface area contributed by atoms with Crippen LogP contribution < -0.4 is 4.74 Å². The summed E-state index contributed by atoms with van der Waals surface area (Å²) in [7, 11) is 1.51. The molecule has 6 heteroatoms. The zero-order chi connectivity index (χ0) is 15.7. The Morgan fingerprint density at radius 1 is 1.41 bits per heavy atom. The van der Waals surface area contributed by atoms with Crippen LogP contribution in [-0.2, 0) is 4.79 Å². The number of amides is 1. The van der Waals surface area contributed by atoms with Crippen molar-refractivity contribution in [3.8, 4) is 11.5 Å². The van der Waals surface area contributed by atoms with Crippen LogP contribution in [-0.4, -0.2) is 28.8 Å². The molecule has 0 radical (unpaired) electrons. The van der Waals surface area contributed by atoms with E-state index in [-0.39, 0.29) is 17.7 Å². The van der Waals surface area contributed by atoms with E-state index in [4.69, 9.17) is 4.74 Å². The number of benzene rings is 1. The molecule has 0 spiro atoms. The van der Waals surface area contributed by atoms with E-state index in [1.807, 2.05) is 17.5 Å². The van der Waals surface area contributed by atoms with Crippen molar-refractivity contribution < 1.29 is 14.6 Å². The van der Waals surface area contributed by atoms with Gasteiger partial charge >= 0.3 is 0 Å². The SMILES string of the molecule is COc1cccc(C2=NN(C(C)=O)[C@@H](c3cccs3)C2)c1O. The number of aromatic hydroxyl groups is 1. The number of phenols is 1. The Balaban J connectivity index is 1.99. The van der Waals surface area contributed by atoms with Gasteiger partial charge in [-0.3, -0.25) is 4.79 Å². The van der Waals surface area contributed by atoms with Crippen molar-refractivity contribution in [2.24, 2.45) is 5.10 Å². The van der Waals surface area contributed by atoms with Crippen LogP contribution in [0.4, 0.5) is 0 Å². The highest BCUT2D eigenvalue weighted by Gasteiger charge is 2.33. The molecule has 1 N–H and O–H groups in total. The fraction of sp³-hybridized carbons (Fsp3) is 0.250. The molecule has 0 saturated heterocycles. The Hall–Kier alpha value is -2.34. The van der Waals surface area contributed by atoms with E-state index in [1.54, 1.807) is 29.5 Å². The number of hydrogen-bond donors (Lipinski definition) is 1. The topological polar surface area (TPSA) is 62.1 Å². The number of nitrogens with zero attached hydrogens (tertiary/aromatic N) is 2. The van der Waals surface area contributed by atoms with E-state index in [1.165, 1.54) is 19.0 Å². The third-order valence-corrected chi connectivity index (χ3v) is 4.61. The molecule has 5 nitrogen and oxygen atoms in total. The number of para-hydroxylation sites is 1. The second-order valence-corrected chi connectivity index (χ2v) is 5.98. The van der Waals surface area contributed by atoms with Crippen molar-refractivity contribution in [1.82, 2.24) is 5.01 Å². The number of carbonyl (C=O) groups is 1. The first-order valence-corrected chi connectivity index (χ1v) is 7.76. The lowest BCUT2D eigenvalue weighted by Crippen LogP contribution is -2.23. The molecule has 2 aromatic rings. The zero-order valence-corrected chi connectivity index (χ0v) is 13.1. The minimum absolute atomic E-state index is 0.0547. The Morgan fingerprint density at radius 2 is 2.23 bits per heavy atom. The molecule has 114 valence electrons. The summed E-state index contributed by atoms with van der Waals surface area (Å²) in [6.07, 6.45) is 0.570. The van der Waals surface area contributed by atoms with E-state index < -0.39 is 0 Å². The van der Waals surface area contributed by atoms with Crippen molar-refractivity contribution in [2.45, 2.75) is 19.4 Å². The molecule has 0 bridgehead atoms. The highest BCUT2D eigenvalue weighted by atomic mass is 32.1. The summed E-state index contributed by atoms with van der Waals surface area (Å²) >= 11 is 1.60. The summed E-state index contributed by atoms with van der Waals surface area (Å²) < 4.78 is 5.14. The van der Waals surface area contributed by atoms with E-state index in [9.17, 15) is 9.90 Å². The number of thiophene rings is 1. The maximum absolute atomic E-state index is 11.9. The van der Waals surface area contributed by atoms with Crippen molar-refractivity contribution >= 4 is 23.0 Å². The van der Waals surface area contributed by atoms with Gasteiger partial charge in [-0.25, -0.2) is 5.01 Å². The molecule has 1 atom stereocenters. The summed E-state index contributed by atoms with van der Waals surface area (Å²) in [5.41, 5.74) is 1.29. The first-order chi connectivity index (χ1) is 10.6. The quantitative estimate of drug-likeness (QED) is 0.946. The number of hydrazone groups is 1. The Labute approximate surface area is 132 Å². The van der Waals surface area contributed by atoms with Gasteiger partial charge in [-0.1, -0.05) is 12.1 Å². The molecule has 0 fully saturated rings. The average molecular weight is 316 g/mol. The van der Waals surface area contributed by atoms with E-state index in [0.29, 0.717) is 23.4 Å². The molecule has 0 saturated carbocycles. The normalized spacial score (nSPS) is 17.5. The van der Waals surface area contributed by atoms with Crippen LogP contribution in [0.1, 0.15) is 29.8 Å². The summed E-state index contributed by atoms with van der Waals surface area (Å²) in [6.45, 7) is 1.50. The molecule has 1 aromatic carbocycles. The molecule has 1 amide bonds. The number of hydrogen-bond acceptors (Lipinski definition) is 5. The van der Waals surface area contributed by atoms with Gasteiger partial charge in [0.25, 0.3) is 0 Å². The predicted octanol–water partition coefficient (Wildman–Crippen LogP) is 3.16. The maximum atomic E-state index is 11.9. The van der Waals surface area contributed by atoms with Crippen molar-refractivity contribution in [3.63, 3.8) is 0 Å². The summed E-state index contributed by atoms with van der Waals surface area (Å²) in [4.78, 5) is 13.0. The number of methoxy groups -OCH3 is 1. The van der Waals surface area contributed by atoms with Crippen LogP contribution in [0.5, 0.6) is 11.5 Å². The maximum Gasteiger partial charge on any atom is 0.240 e. The van der Waals surface area contributed by atoms with E-state index >= 15 is 0 Å². The summed E-state index contributed by atoms with van der Waals surface area (Å²) in [6, 6.07) is 9.11. The van der Waals surface area contributed by atoms with Gasteiger partial charge in [-0.05, 0) is 23.6 Å². The molecular weight excluding hydrogens is 300 g/mol. The molecule has 1 aromatic heterocycles. The van der Waals surface area contributed by atoms with Crippen LogP contribution >= 0.6 is 11.3 Å². The zero-order valence-electron chi connectivity index (χ0n) is 12.3. The van der Waals surface area contributed by atoms with Crippen LogP contribution in [0.3, 0.4) is 0 Å². The highest BCUT2D eigenvalue weighted by Crippen LogP contribution is 2.38. The lowest BCUT2D eigenvalue weighted by Gasteiger charge is -2.18. The van der Waals surface area contributed by atoms with Crippen LogP contribution in [0.15, 0.2) is 40.8 Å². The fourth-order valence-electron chi connectivity index (χ4n) is 2.59. The van der Waals surface area contributed by atoms with Gasteiger partial charge in [-0.2, -0.15) is 5.10 Å². The predicted molar refractivity (Wildman–Crippen MR) is 85.4 cm³/mol. The van der Waals surface area contributed by atoms with Gasteiger partial charge in [0, 0.05) is 23.8 Å². The van der Waals surface area contributed by atoms with Crippen LogP contribution in [0.25, 0.3) is 0 Å². The molecule has 22 heavy (non-hydrogen) atoms. The number of rotatable bonds is 3.